The molecule has 1 N–H and O–H groups in total. The van der Waals surface area contributed by atoms with Crippen LogP contribution in [0.4, 0.5) is 0 Å². The molecule has 7 nitrogen and oxygen atoms in total. The topological polar surface area (TPSA) is 84.5 Å². The highest BCUT2D eigenvalue weighted by molar-refractivity contribution is 5.78. The second kappa shape index (κ2) is 8.03. The number of carbonyl (C=O) groups is 2. The first-order valence-corrected chi connectivity index (χ1v) is 8.85. The Balaban J connectivity index is 1.49. The zero-order valence-electron chi connectivity index (χ0n) is 14.9. The molecule has 0 saturated carbocycles. The number of rotatable bonds is 7. The monoisotopic (exact) mass is 357 g/mol. The summed E-state index contributed by atoms with van der Waals surface area (Å²) < 4.78 is 6.49. The Morgan fingerprint density at radius 2 is 2.00 bits per heavy atom. The number of carbonyl (C=O) groups excluding carboxylic acids is 2. The van der Waals surface area contributed by atoms with Crippen molar-refractivity contribution in [2.45, 2.75) is 32.7 Å². The first-order valence-electron chi connectivity index (χ1n) is 8.85. The van der Waals surface area contributed by atoms with Gasteiger partial charge < -0.3 is 14.6 Å². The highest BCUT2D eigenvalue weighted by atomic mass is 16.4. The van der Waals surface area contributed by atoms with Gasteiger partial charge in [-0.1, -0.05) is 29.8 Å². The number of hydrogen-bond donors (Lipinski definition) is 1. The number of hydrogen-bond acceptors (Lipinski definition) is 4. The lowest BCUT2D eigenvalue weighted by atomic mass is 10.1. The molecule has 2 heterocycles. The van der Waals surface area contributed by atoms with Crippen LogP contribution in [0.25, 0.3) is 11.3 Å². The second-order valence-corrected chi connectivity index (χ2v) is 6.54. The molecule has 1 fully saturated rings. The average molecular weight is 357 g/mol. The minimum atomic E-state index is -0.557. The van der Waals surface area contributed by atoms with Gasteiger partial charge in [0.25, 0.3) is 0 Å². The Morgan fingerprint density at radius 3 is 2.69 bits per heavy atom. The number of nitrogens with zero attached hydrogens (tertiary/aromatic N) is 2. The van der Waals surface area contributed by atoms with Crippen LogP contribution in [0.5, 0.6) is 0 Å². The summed E-state index contributed by atoms with van der Waals surface area (Å²) in [5, 5.41) is 2.78. The summed E-state index contributed by atoms with van der Waals surface area (Å²) >= 11 is 0. The van der Waals surface area contributed by atoms with Crippen LogP contribution in [0.3, 0.4) is 0 Å². The van der Waals surface area contributed by atoms with Gasteiger partial charge in [0, 0.05) is 31.6 Å². The van der Waals surface area contributed by atoms with Crippen LogP contribution in [0.1, 0.15) is 24.8 Å². The van der Waals surface area contributed by atoms with Crippen LogP contribution in [0.15, 0.2) is 39.7 Å². The summed E-state index contributed by atoms with van der Waals surface area (Å²) in [6.07, 6.45) is 3.79. The van der Waals surface area contributed by atoms with E-state index in [0.29, 0.717) is 31.7 Å². The summed E-state index contributed by atoms with van der Waals surface area (Å²) in [6, 6.07) is 7.62. The Kier molecular flexibility index (Phi) is 5.55. The Morgan fingerprint density at radius 1 is 1.23 bits per heavy atom. The molecule has 1 aromatic carbocycles. The minimum absolute atomic E-state index is 0.0865. The maximum absolute atomic E-state index is 12.0. The van der Waals surface area contributed by atoms with Crippen molar-refractivity contribution in [3.05, 3.63) is 46.6 Å². The largest absolute Gasteiger partial charge is 0.419 e. The van der Waals surface area contributed by atoms with Gasteiger partial charge in [-0.3, -0.25) is 14.2 Å². The van der Waals surface area contributed by atoms with E-state index >= 15 is 0 Å². The van der Waals surface area contributed by atoms with E-state index in [2.05, 4.69) is 5.32 Å². The lowest BCUT2D eigenvalue weighted by Crippen LogP contribution is -2.33. The highest BCUT2D eigenvalue weighted by Gasteiger charge is 2.19. The van der Waals surface area contributed by atoms with Crippen molar-refractivity contribution in [3.63, 3.8) is 0 Å². The smallest absolute Gasteiger partial charge is 0.408 e. The zero-order valence-corrected chi connectivity index (χ0v) is 14.9. The van der Waals surface area contributed by atoms with Crippen molar-refractivity contribution in [2.24, 2.45) is 0 Å². The first kappa shape index (κ1) is 18.0. The number of aromatic nitrogens is 1. The molecule has 7 heteroatoms. The molecule has 0 radical (unpaired) electrons. The van der Waals surface area contributed by atoms with Gasteiger partial charge in [0.15, 0.2) is 5.76 Å². The lowest BCUT2D eigenvalue weighted by molar-refractivity contribution is -0.127. The van der Waals surface area contributed by atoms with Crippen molar-refractivity contribution in [1.82, 2.24) is 14.8 Å². The van der Waals surface area contributed by atoms with Gasteiger partial charge in [0.1, 0.15) is 6.54 Å². The summed E-state index contributed by atoms with van der Waals surface area (Å²) in [5.41, 5.74) is 1.91. The van der Waals surface area contributed by atoms with Gasteiger partial charge in [0.05, 0.1) is 6.20 Å². The van der Waals surface area contributed by atoms with Crippen molar-refractivity contribution < 1.29 is 14.0 Å². The number of oxazole rings is 1. The maximum Gasteiger partial charge on any atom is 0.419 e. The van der Waals surface area contributed by atoms with Gasteiger partial charge in [-0.25, -0.2) is 4.79 Å². The summed E-state index contributed by atoms with van der Waals surface area (Å²) in [6.45, 7) is 3.83. The highest BCUT2D eigenvalue weighted by Crippen LogP contribution is 2.18. The quantitative estimate of drug-likeness (QED) is 0.762. The van der Waals surface area contributed by atoms with Gasteiger partial charge >= 0.3 is 5.76 Å². The van der Waals surface area contributed by atoms with E-state index < -0.39 is 5.76 Å². The van der Waals surface area contributed by atoms with Gasteiger partial charge in [-0.2, -0.15) is 0 Å². The van der Waals surface area contributed by atoms with Crippen LogP contribution in [0, 0.1) is 6.92 Å². The normalized spacial score (nSPS) is 14.0. The van der Waals surface area contributed by atoms with Crippen LogP contribution >= 0.6 is 0 Å². The van der Waals surface area contributed by atoms with E-state index in [4.69, 9.17) is 4.42 Å². The van der Waals surface area contributed by atoms with Crippen LogP contribution in [-0.4, -0.2) is 40.9 Å². The summed E-state index contributed by atoms with van der Waals surface area (Å²) in [5.74, 6) is -0.185. The minimum Gasteiger partial charge on any atom is -0.408 e. The molecule has 1 aliphatic heterocycles. The SMILES string of the molecule is Cc1ccc(-c2cn(CC(=O)NCCCN3CCCC3=O)c(=O)o2)cc1. The first-order chi connectivity index (χ1) is 12.5. The van der Waals surface area contributed by atoms with E-state index in [9.17, 15) is 14.4 Å². The van der Waals surface area contributed by atoms with Gasteiger partial charge in [0.2, 0.25) is 11.8 Å². The predicted molar refractivity (Wildman–Crippen MR) is 96.6 cm³/mol. The number of aryl methyl sites for hydroxylation is 1. The van der Waals surface area contributed by atoms with Crippen LogP contribution in [-0.2, 0) is 16.1 Å². The van der Waals surface area contributed by atoms with E-state index in [1.807, 2.05) is 36.1 Å². The molecule has 138 valence electrons. The zero-order chi connectivity index (χ0) is 18.5. The summed E-state index contributed by atoms with van der Waals surface area (Å²) in [4.78, 5) is 37.3. The number of amides is 2. The molecule has 0 bridgehead atoms. The van der Waals surface area contributed by atoms with Gasteiger partial charge in [-0.05, 0) is 19.8 Å². The number of benzene rings is 1. The van der Waals surface area contributed by atoms with E-state index in [1.54, 1.807) is 6.20 Å². The van der Waals surface area contributed by atoms with Crippen molar-refractivity contribution >= 4 is 11.8 Å². The Bertz CT molecular complexity index is 835. The predicted octanol–water partition coefficient (Wildman–Crippen LogP) is 1.55. The third-order valence-electron chi connectivity index (χ3n) is 4.45. The molecule has 26 heavy (non-hydrogen) atoms. The van der Waals surface area contributed by atoms with Crippen molar-refractivity contribution in [1.29, 1.82) is 0 Å². The Labute approximate surface area is 151 Å². The van der Waals surface area contributed by atoms with E-state index in [1.165, 1.54) is 4.57 Å². The molecular weight excluding hydrogens is 334 g/mol. The average Bonchev–Trinajstić information content (AvgIpc) is 3.18. The van der Waals surface area contributed by atoms with E-state index in [0.717, 1.165) is 24.1 Å². The van der Waals surface area contributed by atoms with Gasteiger partial charge in [-0.15, -0.1) is 0 Å². The fourth-order valence-electron chi connectivity index (χ4n) is 2.98. The molecule has 1 aliphatic rings. The van der Waals surface area contributed by atoms with Crippen LogP contribution < -0.4 is 11.1 Å². The van der Waals surface area contributed by atoms with Crippen LogP contribution in [0.2, 0.25) is 0 Å². The lowest BCUT2D eigenvalue weighted by Gasteiger charge is -2.15. The molecule has 1 aromatic heterocycles. The standard InChI is InChI=1S/C19H23N3O4/c1-14-5-7-15(8-6-14)16-12-22(19(25)26-16)13-17(23)20-9-3-11-21-10-2-4-18(21)24/h5-8,12H,2-4,9-11,13H2,1H3,(H,20,23). The molecule has 0 spiro atoms. The summed E-state index contributed by atoms with van der Waals surface area (Å²) in [7, 11) is 0. The number of nitrogens with one attached hydrogen (secondary N) is 1. The molecule has 2 amide bonds. The molecule has 0 atom stereocenters. The number of likely N-dealkylation sites (tertiary alicyclic amines) is 1. The molecular formula is C19H23N3O4. The Hall–Kier alpha value is -2.83. The fourth-order valence-corrected chi connectivity index (χ4v) is 2.98. The van der Waals surface area contributed by atoms with Crippen molar-refractivity contribution in [2.75, 3.05) is 19.6 Å². The fraction of sp³-hybridized carbons (Fsp3) is 0.421. The third kappa shape index (κ3) is 4.41. The maximum atomic E-state index is 12.0. The molecule has 3 rings (SSSR count). The molecule has 0 unspecified atom stereocenters. The molecule has 1 saturated heterocycles. The molecule has 0 aliphatic carbocycles. The second-order valence-electron chi connectivity index (χ2n) is 6.54. The third-order valence-corrected chi connectivity index (χ3v) is 4.45. The van der Waals surface area contributed by atoms with Crippen molar-refractivity contribution in [3.8, 4) is 11.3 Å². The van der Waals surface area contributed by atoms with E-state index in [-0.39, 0.29) is 18.4 Å². The molecule has 2 aromatic rings.